The molecule has 0 aromatic heterocycles. The third-order valence-corrected chi connectivity index (χ3v) is 4.37. The molecule has 0 aliphatic rings. The van der Waals surface area contributed by atoms with Gasteiger partial charge in [-0.05, 0) is 31.2 Å². The number of aryl methyl sites for hydroxylation is 1. The van der Waals surface area contributed by atoms with Crippen molar-refractivity contribution in [1.29, 1.82) is 0 Å². The zero-order chi connectivity index (χ0) is 15.3. The van der Waals surface area contributed by atoms with Gasteiger partial charge in [0, 0.05) is 6.61 Å². The number of rotatable bonds is 12. The summed E-state index contributed by atoms with van der Waals surface area (Å²) < 4.78 is 0. The minimum atomic E-state index is 0.324. The van der Waals surface area contributed by atoms with E-state index in [0.29, 0.717) is 12.5 Å². The topological polar surface area (TPSA) is 20.2 Å². The minimum Gasteiger partial charge on any atom is -0.396 e. The highest BCUT2D eigenvalue weighted by molar-refractivity contribution is 5.21. The quantitative estimate of drug-likeness (QED) is 0.491. The molecule has 21 heavy (non-hydrogen) atoms. The van der Waals surface area contributed by atoms with E-state index in [-0.39, 0.29) is 0 Å². The van der Waals surface area contributed by atoms with Gasteiger partial charge in [0.05, 0.1) is 0 Å². The highest BCUT2D eigenvalue weighted by Gasteiger charge is 2.08. The maximum atomic E-state index is 9.54. The van der Waals surface area contributed by atoms with Gasteiger partial charge in [0.2, 0.25) is 0 Å². The maximum Gasteiger partial charge on any atom is 0.0462 e. The van der Waals surface area contributed by atoms with Gasteiger partial charge in [-0.3, -0.25) is 0 Å². The molecule has 1 unspecified atom stereocenters. The molecule has 0 saturated heterocycles. The number of unbranched alkanes of at least 4 members (excludes halogenated alkanes) is 7. The van der Waals surface area contributed by atoms with E-state index in [4.69, 9.17) is 0 Å². The first-order valence-corrected chi connectivity index (χ1v) is 8.92. The Morgan fingerprint density at radius 3 is 2.00 bits per heavy atom. The van der Waals surface area contributed by atoms with Crippen LogP contribution in [0.1, 0.15) is 75.8 Å². The minimum absolute atomic E-state index is 0.324. The number of hydrogen-bond donors (Lipinski definition) is 1. The van der Waals surface area contributed by atoms with E-state index in [0.717, 1.165) is 6.42 Å². The Labute approximate surface area is 131 Å². The van der Waals surface area contributed by atoms with Gasteiger partial charge in [-0.1, -0.05) is 88.1 Å². The molecule has 0 saturated carbocycles. The molecule has 0 bridgehead atoms. The molecule has 1 aromatic rings. The molecule has 0 spiro atoms. The molecule has 1 rings (SSSR count). The van der Waals surface area contributed by atoms with Crippen molar-refractivity contribution in [3.05, 3.63) is 35.4 Å². The average molecular weight is 290 g/mol. The zero-order valence-electron chi connectivity index (χ0n) is 14.1. The van der Waals surface area contributed by atoms with E-state index in [1.54, 1.807) is 0 Å². The monoisotopic (exact) mass is 290 g/mol. The van der Waals surface area contributed by atoms with Crippen LogP contribution in [0.2, 0.25) is 0 Å². The van der Waals surface area contributed by atoms with Crippen LogP contribution >= 0.6 is 0 Å². The normalized spacial score (nSPS) is 12.5. The lowest BCUT2D eigenvalue weighted by Crippen LogP contribution is -2.09. The van der Waals surface area contributed by atoms with Crippen molar-refractivity contribution in [2.45, 2.75) is 78.1 Å². The predicted octanol–water partition coefficient (Wildman–Crippen LogP) is 5.68. The molecule has 120 valence electrons. The first kappa shape index (κ1) is 18.2. The van der Waals surface area contributed by atoms with Crippen LogP contribution in [0.3, 0.4) is 0 Å². The van der Waals surface area contributed by atoms with E-state index in [1.807, 2.05) is 0 Å². The highest BCUT2D eigenvalue weighted by Crippen LogP contribution is 2.17. The number of hydrogen-bond acceptors (Lipinski definition) is 1. The van der Waals surface area contributed by atoms with Crippen LogP contribution in [0.25, 0.3) is 0 Å². The summed E-state index contributed by atoms with van der Waals surface area (Å²) in [5, 5.41) is 9.54. The lowest BCUT2D eigenvalue weighted by atomic mass is 9.93. The van der Waals surface area contributed by atoms with Crippen LogP contribution < -0.4 is 0 Å². The Morgan fingerprint density at radius 2 is 1.43 bits per heavy atom. The molecule has 0 aliphatic heterocycles. The predicted molar refractivity (Wildman–Crippen MR) is 92.7 cm³/mol. The van der Waals surface area contributed by atoms with Crippen molar-refractivity contribution in [3.63, 3.8) is 0 Å². The summed E-state index contributed by atoms with van der Waals surface area (Å²) in [7, 11) is 0. The Kier molecular flexibility index (Phi) is 10.2. The Bertz CT molecular complexity index is 341. The number of aliphatic hydroxyl groups excluding tert-OH is 1. The molecule has 0 fully saturated rings. The smallest absolute Gasteiger partial charge is 0.0462 e. The summed E-state index contributed by atoms with van der Waals surface area (Å²) in [5.41, 5.74) is 2.67. The van der Waals surface area contributed by atoms with E-state index in [2.05, 4.69) is 38.1 Å². The second kappa shape index (κ2) is 11.8. The van der Waals surface area contributed by atoms with Crippen molar-refractivity contribution in [2.75, 3.05) is 6.61 Å². The summed E-state index contributed by atoms with van der Waals surface area (Å²) >= 11 is 0. The molecule has 1 nitrogen and oxygen atoms in total. The van der Waals surface area contributed by atoms with Gasteiger partial charge >= 0.3 is 0 Å². The van der Waals surface area contributed by atoms with Gasteiger partial charge in [-0.15, -0.1) is 0 Å². The molecule has 0 radical (unpaired) electrons. The second-order valence-electron chi connectivity index (χ2n) is 6.50. The first-order chi connectivity index (χ1) is 10.3. The summed E-state index contributed by atoms with van der Waals surface area (Å²) in [6, 6.07) is 8.73. The lowest BCUT2D eigenvalue weighted by Gasteiger charge is -2.14. The zero-order valence-corrected chi connectivity index (χ0v) is 14.1. The van der Waals surface area contributed by atoms with Gasteiger partial charge in [-0.25, -0.2) is 0 Å². The van der Waals surface area contributed by atoms with Crippen molar-refractivity contribution in [1.82, 2.24) is 0 Å². The van der Waals surface area contributed by atoms with Crippen molar-refractivity contribution >= 4 is 0 Å². The molecule has 1 atom stereocenters. The third-order valence-electron chi connectivity index (χ3n) is 4.37. The third kappa shape index (κ3) is 8.93. The first-order valence-electron chi connectivity index (χ1n) is 8.92. The molecule has 0 heterocycles. The van der Waals surface area contributed by atoms with E-state index in [9.17, 15) is 5.11 Å². The molecule has 1 N–H and O–H groups in total. The van der Waals surface area contributed by atoms with Crippen molar-refractivity contribution < 1.29 is 5.11 Å². The summed E-state index contributed by atoms with van der Waals surface area (Å²) in [4.78, 5) is 0. The molecule has 1 heteroatoms. The molecular weight excluding hydrogens is 256 g/mol. The van der Waals surface area contributed by atoms with Gasteiger partial charge in [-0.2, -0.15) is 0 Å². The van der Waals surface area contributed by atoms with Crippen LogP contribution in [0.15, 0.2) is 24.3 Å². The van der Waals surface area contributed by atoms with Crippen LogP contribution in [-0.4, -0.2) is 11.7 Å². The largest absolute Gasteiger partial charge is 0.396 e. The fourth-order valence-corrected chi connectivity index (χ4v) is 2.88. The fraction of sp³-hybridized carbons (Fsp3) is 0.700. The lowest BCUT2D eigenvalue weighted by molar-refractivity contribution is 0.214. The fourth-order valence-electron chi connectivity index (χ4n) is 2.88. The molecular formula is C20H34O. The van der Waals surface area contributed by atoms with Gasteiger partial charge in [0.25, 0.3) is 0 Å². The summed E-state index contributed by atoms with van der Waals surface area (Å²) in [6.45, 7) is 4.71. The molecule has 0 aliphatic carbocycles. The van der Waals surface area contributed by atoms with Crippen LogP contribution in [0.4, 0.5) is 0 Å². The SMILES string of the molecule is CCCCCCCCCCC(CO)Cc1ccc(C)cc1. The average Bonchev–Trinajstić information content (AvgIpc) is 2.50. The highest BCUT2D eigenvalue weighted by atomic mass is 16.3. The van der Waals surface area contributed by atoms with Crippen LogP contribution in [0.5, 0.6) is 0 Å². The molecule has 1 aromatic carbocycles. The van der Waals surface area contributed by atoms with E-state index in [1.165, 1.54) is 68.9 Å². The van der Waals surface area contributed by atoms with Gasteiger partial charge in [0.15, 0.2) is 0 Å². The Morgan fingerprint density at radius 1 is 0.857 bits per heavy atom. The maximum absolute atomic E-state index is 9.54. The number of benzene rings is 1. The van der Waals surface area contributed by atoms with E-state index >= 15 is 0 Å². The Balaban J connectivity index is 2.09. The molecule has 0 amide bonds. The standard InChI is InChI=1S/C20H34O/c1-3-4-5-6-7-8-9-10-11-20(17-21)16-19-14-12-18(2)13-15-19/h12-15,20-21H,3-11,16-17H2,1-2H3. The Hall–Kier alpha value is -0.820. The summed E-state index contributed by atoms with van der Waals surface area (Å²) in [5.74, 6) is 0.438. The van der Waals surface area contributed by atoms with E-state index < -0.39 is 0 Å². The van der Waals surface area contributed by atoms with Crippen molar-refractivity contribution in [2.24, 2.45) is 5.92 Å². The van der Waals surface area contributed by atoms with Gasteiger partial charge in [0.1, 0.15) is 0 Å². The summed E-state index contributed by atoms with van der Waals surface area (Å²) in [6.07, 6.45) is 13.1. The van der Waals surface area contributed by atoms with Crippen LogP contribution in [-0.2, 0) is 6.42 Å². The second-order valence-corrected chi connectivity index (χ2v) is 6.50. The van der Waals surface area contributed by atoms with Crippen LogP contribution in [0, 0.1) is 12.8 Å². The van der Waals surface area contributed by atoms with Crippen molar-refractivity contribution in [3.8, 4) is 0 Å². The number of aliphatic hydroxyl groups is 1. The van der Waals surface area contributed by atoms with Gasteiger partial charge < -0.3 is 5.11 Å².